The molecule has 0 saturated carbocycles. The number of nitrogens with zero attached hydrogens (tertiary/aromatic N) is 2. The molecule has 0 spiro atoms. The Morgan fingerprint density at radius 3 is 2.00 bits per heavy atom. The van der Waals surface area contributed by atoms with Crippen LogP contribution in [0.5, 0.6) is 0 Å². The number of hydrogen-bond acceptors (Lipinski definition) is 9. The van der Waals surface area contributed by atoms with Crippen LogP contribution in [0.1, 0.15) is 0 Å². The van der Waals surface area contributed by atoms with Crippen LogP contribution in [0.2, 0.25) is 0 Å². The number of phosphoric acid groups is 2. The second-order valence-electron chi connectivity index (χ2n) is 4.02. The van der Waals surface area contributed by atoms with Crippen LogP contribution in [0, 0.1) is 20.2 Å². The first-order chi connectivity index (χ1) is 10.9. The molecule has 0 bridgehead atoms. The van der Waals surface area contributed by atoms with Crippen molar-refractivity contribution in [3.05, 3.63) is 38.4 Å². The molecular weight excluding hydrogens is 442 g/mol. The fourth-order valence-corrected chi connectivity index (χ4v) is 3.02. The molecule has 0 aromatic heterocycles. The van der Waals surface area contributed by atoms with Gasteiger partial charge < -0.3 is 34.1 Å². The Kier molecular flexibility index (Phi) is 15.9. The Morgan fingerprint density at radius 1 is 1.04 bits per heavy atom. The number of anilines is 1. The van der Waals surface area contributed by atoms with Crippen molar-refractivity contribution in [2.75, 3.05) is 18.5 Å². The molecule has 14 nitrogen and oxygen atoms in total. The quantitative estimate of drug-likeness (QED) is 0.0903. The van der Waals surface area contributed by atoms with Crippen LogP contribution in [0.25, 0.3) is 0 Å². The Balaban J connectivity index is -0.000000720. The van der Waals surface area contributed by atoms with Crippen molar-refractivity contribution in [3.8, 4) is 0 Å². The zero-order valence-electron chi connectivity index (χ0n) is 13.4. The van der Waals surface area contributed by atoms with Crippen molar-refractivity contribution in [2.45, 2.75) is 0 Å². The minimum Gasteiger partial charge on any atom is -1.00 e. The summed E-state index contributed by atoms with van der Waals surface area (Å²) in [6.07, 6.45) is 0. The molecule has 4 N–H and O–H groups in total. The summed E-state index contributed by atoms with van der Waals surface area (Å²) in [5.41, 5.74) is -1.24. The molecule has 1 unspecified atom stereocenters. The van der Waals surface area contributed by atoms with Gasteiger partial charge >= 0.3 is 15.6 Å². The number of benzene rings is 1. The van der Waals surface area contributed by atoms with E-state index in [1.165, 1.54) is 0 Å². The van der Waals surface area contributed by atoms with E-state index in [4.69, 9.17) is 14.7 Å². The Hall–Kier alpha value is -1.96. The molecule has 0 heterocycles. The average molecular weight is 453 g/mol. The number of nitrogens with one attached hydrogen (secondary N) is 1. The molecule has 0 aliphatic rings. The summed E-state index contributed by atoms with van der Waals surface area (Å²) < 4.78 is 29.3. The molecule has 20 heteroatoms. The molecular formula is C8H11BeF3N3O11P2-3. The summed E-state index contributed by atoms with van der Waals surface area (Å²) in [7, 11) is -10.3. The summed E-state index contributed by atoms with van der Waals surface area (Å²) in [5, 5.41) is 23.9. The van der Waals surface area contributed by atoms with E-state index >= 15 is 0 Å². The predicted octanol–water partition coefficient (Wildman–Crippen LogP) is -8.23. The van der Waals surface area contributed by atoms with Crippen molar-refractivity contribution in [2.24, 2.45) is 0 Å². The molecule has 0 aliphatic heterocycles. The zero-order valence-corrected chi connectivity index (χ0v) is 15.2. The van der Waals surface area contributed by atoms with E-state index in [2.05, 4.69) is 14.2 Å². The number of phosphoric ester groups is 1. The first-order valence-electron chi connectivity index (χ1n) is 5.82. The summed E-state index contributed by atoms with van der Waals surface area (Å²) in [6.45, 7) is -0.907. The molecule has 1 aromatic carbocycles. The first kappa shape index (κ1) is 33.6. The molecule has 1 aromatic rings. The van der Waals surface area contributed by atoms with Gasteiger partial charge in [-0.2, -0.15) is 4.31 Å². The van der Waals surface area contributed by atoms with E-state index in [-0.39, 0.29) is 36.5 Å². The van der Waals surface area contributed by atoms with E-state index in [0.717, 1.165) is 18.2 Å². The van der Waals surface area contributed by atoms with Crippen LogP contribution >= 0.6 is 15.6 Å². The van der Waals surface area contributed by atoms with E-state index in [0.29, 0.717) is 0 Å². The van der Waals surface area contributed by atoms with Crippen LogP contribution in [0.15, 0.2) is 18.2 Å². The van der Waals surface area contributed by atoms with Gasteiger partial charge in [0.2, 0.25) is 0 Å². The maximum Gasteiger partial charge on any atom is 0.481 e. The minimum absolute atomic E-state index is 0. The van der Waals surface area contributed by atoms with Crippen LogP contribution in [0.3, 0.4) is 0 Å². The van der Waals surface area contributed by atoms with Crippen LogP contribution in [-0.2, 0) is 18.0 Å². The third kappa shape index (κ3) is 11.7. The Labute approximate surface area is 157 Å². The summed E-state index contributed by atoms with van der Waals surface area (Å²) >= 11 is 0. The van der Waals surface area contributed by atoms with E-state index in [9.17, 15) is 29.4 Å². The number of hydrogen-bond donors (Lipinski definition) is 4. The van der Waals surface area contributed by atoms with Crippen molar-refractivity contribution < 1.29 is 56.6 Å². The fraction of sp³-hybridized carbons (Fsp3) is 0.250. The number of halogens is 3. The van der Waals surface area contributed by atoms with Crippen LogP contribution in [-0.4, -0.2) is 47.8 Å². The van der Waals surface area contributed by atoms with Gasteiger partial charge in [-0.15, -0.1) is 0 Å². The number of nitro groups is 2. The van der Waals surface area contributed by atoms with Gasteiger partial charge in [0, 0.05) is 22.7 Å². The smallest absolute Gasteiger partial charge is 0.481 e. The first-order valence-corrected chi connectivity index (χ1v) is 8.85. The van der Waals surface area contributed by atoms with Crippen LogP contribution in [0.4, 0.5) is 17.1 Å². The average Bonchev–Trinajstić information content (AvgIpc) is 2.40. The molecule has 0 fully saturated rings. The Bertz CT molecular complexity index is 752. The second-order valence-corrected chi connectivity index (χ2v) is 6.85. The van der Waals surface area contributed by atoms with Gasteiger partial charge in [0.1, 0.15) is 5.69 Å². The summed E-state index contributed by atoms with van der Waals surface area (Å²) in [5.74, 6) is 0. The van der Waals surface area contributed by atoms with Gasteiger partial charge in [-0.25, -0.2) is 9.13 Å². The van der Waals surface area contributed by atoms with Crippen LogP contribution < -0.4 is 19.4 Å². The maximum absolute atomic E-state index is 11.1. The van der Waals surface area contributed by atoms with Crippen molar-refractivity contribution in [1.29, 1.82) is 0 Å². The normalized spacial score (nSPS) is 12.0. The third-order valence-corrected chi connectivity index (χ3v) is 4.46. The van der Waals surface area contributed by atoms with Crippen molar-refractivity contribution in [1.82, 2.24) is 0 Å². The number of non-ortho nitro benzene ring substituents is 1. The van der Waals surface area contributed by atoms with E-state index < -0.39 is 43.5 Å². The topological polar surface area (TPSA) is 212 Å². The third-order valence-electron chi connectivity index (χ3n) is 2.27. The summed E-state index contributed by atoms with van der Waals surface area (Å²) in [4.78, 5) is 45.5. The van der Waals surface area contributed by atoms with E-state index in [1.807, 2.05) is 0 Å². The molecule has 1 rings (SSSR count). The summed E-state index contributed by atoms with van der Waals surface area (Å²) in [6, 6.07) is 2.78. The van der Waals surface area contributed by atoms with Gasteiger partial charge in [-0.1, -0.05) is 0 Å². The number of nitro benzene ring substituents is 2. The van der Waals surface area contributed by atoms with Gasteiger partial charge in [-0.05, 0) is 6.07 Å². The molecule has 0 amide bonds. The largest absolute Gasteiger partial charge is 1.00 e. The molecule has 28 heavy (non-hydrogen) atoms. The SMILES string of the molecule is O=[N+]([O-])c1ccc(NCCOP(=O)(O)OP(=O)(O)O)c([N+](=O)[O-])c1.[Be].[F-].[F-].[F-]. The molecule has 0 aliphatic carbocycles. The van der Waals surface area contributed by atoms with Crippen molar-refractivity contribution in [3.63, 3.8) is 0 Å². The molecule has 0 saturated heterocycles. The monoisotopic (exact) mass is 453 g/mol. The van der Waals surface area contributed by atoms with Gasteiger partial charge in [0.15, 0.2) is 0 Å². The molecule has 160 valence electrons. The number of rotatable bonds is 9. The van der Waals surface area contributed by atoms with Gasteiger partial charge in [0.05, 0.1) is 22.5 Å². The fourth-order valence-electron chi connectivity index (χ4n) is 1.44. The van der Waals surface area contributed by atoms with Gasteiger partial charge in [0.25, 0.3) is 11.4 Å². The second kappa shape index (κ2) is 13.3. The standard InChI is InChI=1S/C8H11N3O11P2.Be.3FH/c12-10(13)6-1-2-7(8(5-6)11(14)15)9-3-4-21-24(19,20)22-23(16,17)18;;;;/h1-2,5,9H,3-4H2,(H,19,20)(H2,16,17,18);;3*1H/p-3. The Morgan fingerprint density at radius 2 is 1.57 bits per heavy atom. The van der Waals surface area contributed by atoms with Crippen molar-refractivity contribution >= 4 is 42.8 Å². The van der Waals surface area contributed by atoms with E-state index in [1.54, 1.807) is 0 Å². The molecule has 1 atom stereocenters. The zero-order chi connectivity index (χ0) is 18.5. The van der Waals surface area contributed by atoms with Gasteiger partial charge in [-0.3, -0.25) is 24.8 Å². The maximum atomic E-state index is 11.1. The molecule has 2 radical (unpaired) electrons. The minimum atomic E-state index is -5.24. The predicted molar refractivity (Wildman–Crippen MR) is 82.9 cm³/mol.